The van der Waals surface area contributed by atoms with Crippen molar-refractivity contribution in [1.29, 1.82) is 0 Å². The number of aromatic amines is 1. The molecule has 0 amide bonds. The maximum Gasteiger partial charge on any atom is 0.182 e. The van der Waals surface area contributed by atoms with E-state index in [1.165, 1.54) is 11.1 Å². The van der Waals surface area contributed by atoms with Crippen molar-refractivity contribution in [1.82, 2.24) is 9.88 Å². The Morgan fingerprint density at radius 3 is 2.83 bits per heavy atom. The molecule has 3 heterocycles. The van der Waals surface area contributed by atoms with Gasteiger partial charge in [0, 0.05) is 36.0 Å². The summed E-state index contributed by atoms with van der Waals surface area (Å²) in [5.74, 6) is 0.229. The molecule has 2 fully saturated rings. The quantitative estimate of drug-likeness (QED) is 0.438. The van der Waals surface area contributed by atoms with Crippen LogP contribution in [-0.4, -0.2) is 42.0 Å². The minimum Gasteiger partial charge on any atom is -0.379 e. The van der Waals surface area contributed by atoms with Gasteiger partial charge in [0.15, 0.2) is 5.78 Å². The molecule has 1 saturated carbocycles. The largest absolute Gasteiger partial charge is 0.379 e. The van der Waals surface area contributed by atoms with Gasteiger partial charge in [0.1, 0.15) is 0 Å². The normalized spacial score (nSPS) is 25.5. The number of fused-ring (bicyclic) bond motifs is 3. The summed E-state index contributed by atoms with van der Waals surface area (Å²) in [4.78, 5) is 19.6. The predicted octanol–water partition coefficient (Wildman–Crippen LogP) is 6.23. The molecule has 2 aromatic carbocycles. The molecule has 2 unspecified atom stereocenters. The molecular weight excluding hydrogens is 460 g/mol. The van der Waals surface area contributed by atoms with E-state index in [-0.39, 0.29) is 17.3 Å². The Morgan fingerprint density at radius 1 is 1.09 bits per heavy atom. The first-order valence-corrected chi connectivity index (χ1v) is 13.4. The number of ketones is 1. The van der Waals surface area contributed by atoms with Gasteiger partial charge in [-0.25, -0.2) is 0 Å². The van der Waals surface area contributed by atoms with Crippen LogP contribution in [-0.2, 0) is 28.2 Å². The monoisotopic (exact) mass is 492 g/mol. The highest BCUT2D eigenvalue weighted by Gasteiger charge is 2.41. The number of benzene rings is 2. The van der Waals surface area contributed by atoms with Gasteiger partial charge < -0.3 is 14.5 Å². The molecule has 3 aliphatic rings. The number of nitrogens with one attached hydrogen (secondary N) is 1. The minimum atomic E-state index is -0.227. The number of carbonyl (C=O) groups is 1. The summed E-state index contributed by atoms with van der Waals surface area (Å²) in [5.41, 5.74) is 5.28. The third-order valence-electron chi connectivity index (χ3n) is 8.20. The first-order valence-electron chi connectivity index (χ1n) is 13.0. The minimum absolute atomic E-state index is 0.00904. The summed E-state index contributed by atoms with van der Waals surface area (Å²) in [6.45, 7) is 4.83. The van der Waals surface area contributed by atoms with E-state index in [0.717, 1.165) is 87.8 Å². The maximum absolute atomic E-state index is 13.7. The van der Waals surface area contributed by atoms with Gasteiger partial charge >= 0.3 is 0 Å². The zero-order chi connectivity index (χ0) is 23.8. The van der Waals surface area contributed by atoms with E-state index < -0.39 is 0 Å². The number of ether oxygens (including phenoxy) is 2. The molecule has 6 rings (SSSR count). The molecule has 1 saturated heterocycles. The second-order valence-electron chi connectivity index (χ2n) is 10.4. The van der Waals surface area contributed by atoms with Crippen LogP contribution in [0.5, 0.6) is 0 Å². The second kappa shape index (κ2) is 9.70. The van der Waals surface area contributed by atoms with Crippen molar-refractivity contribution >= 4 is 28.3 Å². The smallest absolute Gasteiger partial charge is 0.182 e. The number of hydrogen-bond donors (Lipinski definition) is 1. The molecule has 1 aromatic heterocycles. The molecule has 1 spiro atoms. The molecule has 0 bridgehead atoms. The molecule has 0 radical (unpaired) electrons. The van der Waals surface area contributed by atoms with Crippen LogP contribution in [0.15, 0.2) is 42.5 Å². The summed E-state index contributed by atoms with van der Waals surface area (Å²) in [7, 11) is 0. The van der Waals surface area contributed by atoms with E-state index in [1.54, 1.807) is 0 Å². The van der Waals surface area contributed by atoms with Gasteiger partial charge in [-0.05, 0) is 60.6 Å². The molecule has 6 heteroatoms. The summed E-state index contributed by atoms with van der Waals surface area (Å²) in [6.07, 6.45) is 5.87. The number of Topliss-reactive ketones (excluding diaryl/α,β-unsaturated/α-hetero) is 1. The van der Waals surface area contributed by atoms with E-state index in [0.29, 0.717) is 17.3 Å². The van der Waals surface area contributed by atoms with Crippen LogP contribution in [0.3, 0.4) is 0 Å². The Bertz CT molecular complexity index is 1230. The number of halogens is 1. The third kappa shape index (κ3) is 4.55. The van der Waals surface area contributed by atoms with Crippen LogP contribution >= 0.6 is 11.6 Å². The van der Waals surface area contributed by atoms with Gasteiger partial charge in [0.25, 0.3) is 0 Å². The van der Waals surface area contributed by atoms with Gasteiger partial charge in [-0.3, -0.25) is 9.69 Å². The average molecular weight is 493 g/mol. The molecule has 5 nitrogen and oxygen atoms in total. The van der Waals surface area contributed by atoms with Crippen molar-refractivity contribution in [2.75, 3.05) is 26.3 Å². The van der Waals surface area contributed by atoms with Crippen LogP contribution < -0.4 is 0 Å². The first-order chi connectivity index (χ1) is 17.1. The van der Waals surface area contributed by atoms with Crippen LogP contribution in [0.25, 0.3) is 10.9 Å². The average Bonchev–Trinajstić information content (AvgIpc) is 3.45. The Balaban J connectivity index is 1.24. The lowest BCUT2D eigenvalue weighted by atomic mass is 9.77. The predicted molar refractivity (Wildman–Crippen MR) is 138 cm³/mol. The second-order valence-corrected chi connectivity index (χ2v) is 10.8. The SMILES string of the molecule is O=C(c1cc2cc(Cl)cc(CN3CCOCC3)c2[nH]1)C1CCCCC2(CC1)OCc1ccccc12. The lowest BCUT2D eigenvalue weighted by Gasteiger charge is -2.33. The summed E-state index contributed by atoms with van der Waals surface area (Å²) in [5, 5.41) is 1.73. The molecule has 184 valence electrons. The number of hydrogen-bond acceptors (Lipinski definition) is 4. The number of morpholine rings is 1. The Morgan fingerprint density at radius 2 is 1.94 bits per heavy atom. The molecule has 35 heavy (non-hydrogen) atoms. The Hall–Kier alpha value is -2.18. The lowest BCUT2D eigenvalue weighted by molar-refractivity contribution is -0.0588. The highest BCUT2D eigenvalue weighted by atomic mass is 35.5. The van der Waals surface area contributed by atoms with Crippen LogP contribution in [0.2, 0.25) is 5.02 Å². The van der Waals surface area contributed by atoms with Crippen LogP contribution in [0, 0.1) is 5.92 Å². The van der Waals surface area contributed by atoms with E-state index in [9.17, 15) is 4.79 Å². The van der Waals surface area contributed by atoms with Crippen LogP contribution in [0.4, 0.5) is 0 Å². The zero-order valence-corrected chi connectivity index (χ0v) is 20.9. The van der Waals surface area contributed by atoms with Crippen molar-refractivity contribution in [2.45, 2.75) is 57.3 Å². The standard InChI is InChI=1S/C29H33ClN2O3/c30-24-15-22-17-26(31-27(22)23(16-24)18-32-11-13-34-14-12-32)28(33)20-5-3-4-9-29(10-8-20)25-7-2-1-6-21(25)19-35-29/h1-2,6-7,15-17,20,31H,3-5,8-14,18-19H2. The number of nitrogens with zero attached hydrogens (tertiary/aromatic N) is 1. The van der Waals surface area contributed by atoms with Gasteiger partial charge in [-0.15, -0.1) is 0 Å². The Labute approximate surface area is 211 Å². The van der Waals surface area contributed by atoms with Crippen molar-refractivity contribution in [3.05, 3.63) is 69.9 Å². The van der Waals surface area contributed by atoms with Crippen molar-refractivity contribution in [3.8, 4) is 0 Å². The summed E-state index contributed by atoms with van der Waals surface area (Å²) < 4.78 is 11.9. The number of carbonyl (C=O) groups excluding carboxylic acids is 1. The highest BCUT2D eigenvalue weighted by molar-refractivity contribution is 6.31. The van der Waals surface area contributed by atoms with E-state index in [2.05, 4.69) is 34.1 Å². The van der Waals surface area contributed by atoms with E-state index in [4.69, 9.17) is 21.1 Å². The number of rotatable bonds is 4. The number of H-pyrrole nitrogens is 1. The Kier molecular flexibility index (Phi) is 6.44. The summed E-state index contributed by atoms with van der Waals surface area (Å²) >= 11 is 6.47. The first kappa shape index (κ1) is 23.2. The molecule has 1 N–H and O–H groups in total. The maximum atomic E-state index is 13.7. The number of aromatic nitrogens is 1. The fraction of sp³-hybridized carbons (Fsp3) is 0.483. The summed E-state index contributed by atoms with van der Waals surface area (Å²) in [6, 6.07) is 14.6. The fourth-order valence-electron chi connectivity index (χ4n) is 6.29. The van der Waals surface area contributed by atoms with Crippen molar-refractivity contribution in [3.63, 3.8) is 0 Å². The van der Waals surface area contributed by atoms with E-state index in [1.807, 2.05) is 18.2 Å². The highest BCUT2D eigenvalue weighted by Crippen LogP contribution is 2.46. The topological polar surface area (TPSA) is 54.6 Å². The van der Waals surface area contributed by atoms with Crippen LogP contribution in [0.1, 0.15) is 65.7 Å². The molecule has 2 aliphatic heterocycles. The van der Waals surface area contributed by atoms with Crippen molar-refractivity contribution < 1.29 is 14.3 Å². The van der Waals surface area contributed by atoms with E-state index >= 15 is 0 Å². The van der Waals surface area contributed by atoms with Gasteiger partial charge in [-0.1, -0.05) is 48.7 Å². The zero-order valence-electron chi connectivity index (χ0n) is 20.2. The molecule has 3 aromatic rings. The molecule has 1 aliphatic carbocycles. The van der Waals surface area contributed by atoms with Gasteiger partial charge in [0.2, 0.25) is 0 Å². The molecule has 2 atom stereocenters. The third-order valence-corrected chi connectivity index (χ3v) is 8.42. The van der Waals surface area contributed by atoms with Gasteiger partial charge in [0.05, 0.1) is 36.6 Å². The van der Waals surface area contributed by atoms with Crippen molar-refractivity contribution in [2.24, 2.45) is 5.92 Å². The lowest BCUT2D eigenvalue weighted by Crippen LogP contribution is -2.35. The van der Waals surface area contributed by atoms with Gasteiger partial charge in [-0.2, -0.15) is 0 Å². The fourth-order valence-corrected chi connectivity index (χ4v) is 6.54. The molecular formula is C29H33ClN2O3.